The molecule has 0 saturated heterocycles. The van der Waals surface area contributed by atoms with E-state index < -0.39 is 0 Å². The molecule has 1 heterocycles. The van der Waals surface area contributed by atoms with Crippen LogP contribution < -0.4 is 5.32 Å². The zero-order valence-corrected chi connectivity index (χ0v) is 12.0. The van der Waals surface area contributed by atoms with Gasteiger partial charge < -0.3 is 10.4 Å². The van der Waals surface area contributed by atoms with E-state index >= 15 is 0 Å². The lowest BCUT2D eigenvalue weighted by Gasteiger charge is -2.26. The van der Waals surface area contributed by atoms with Crippen molar-refractivity contribution in [3.05, 3.63) is 29.0 Å². The van der Waals surface area contributed by atoms with Crippen molar-refractivity contribution in [3.63, 3.8) is 0 Å². The summed E-state index contributed by atoms with van der Waals surface area (Å²) in [5.41, 5.74) is 0.531. The Hall–Kier alpha value is -1.13. The number of rotatable bonds is 6. The summed E-state index contributed by atoms with van der Waals surface area (Å²) in [5.74, 6) is 1.18. The van der Waals surface area contributed by atoms with E-state index in [1.54, 1.807) is 12.1 Å². The van der Waals surface area contributed by atoms with Gasteiger partial charge >= 0.3 is 0 Å². The van der Waals surface area contributed by atoms with Gasteiger partial charge in [-0.05, 0) is 49.7 Å². The molecule has 2 aliphatic rings. The summed E-state index contributed by atoms with van der Waals surface area (Å²) >= 11 is 5.82. The molecule has 0 aliphatic heterocycles. The van der Waals surface area contributed by atoms with Crippen molar-refractivity contribution < 1.29 is 9.90 Å². The highest BCUT2D eigenvalue weighted by molar-refractivity contribution is 6.29. The number of aliphatic hydroxyl groups is 1. The highest BCUT2D eigenvalue weighted by atomic mass is 35.5. The third-order valence-corrected chi connectivity index (χ3v) is 4.52. The van der Waals surface area contributed by atoms with Crippen LogP contribution in [0.4, 0.5) is 0 Å². The standard InChI is InChI=1S/C15H19ClN2O2/c16-13-7-11(5-6-17-13)15(20)18-14(10-3-4-10)12(8-19)9-1-2-9/h5-7,9-10,12,14,19H,1-4,8H2,(H,18,20). The summed E-state index contributed by atoms with van der Waals surface area (Å²) in [6, 6.07) is 3.33. The molecule has 2 fully saturated rings. The fourth-order valence-electron chi connectivity index (χ4n) is 2.89. The lowest BCUT2D eigenvalue weighted by Crippen LogP contribution is -2.44. The molecule has 20 heavy (non-hydrogen) atoms. The number of nitrogens with zero attached hydrogens (tertiary/aromatic N) is 1. The van der Waals surface area contributed by atoms with Gasteiger partial charge in [-0.3, -0.25) is 4.79 Å². The number of pyridine rings is 1. The lowest BCUT2D eigenvalue weighted by atomic mass is 9.91. The van der Waals surface area contributed by atoms with Gasteiger partial charge in [-0.25, -0.2) is 4.98 Å². The van der Waals surface area contributed by atoms with Crippen molar-refractivity contribution >= 4 is 17.5 Å². The van der Waals surface area contributed by atoms with E-state index in [2.05, 4.69) is 10.3 Å². The minimum atomic E-state index is -0.120. The Morgan fingerprint density at radius 2 is 2.10 bits per heavy atom. The lowest BCUT2D eigenvalue weighted by molar-refractivity contribution is 0.0879. The Labute approximate surface area is 123 Å². The Bertz CT molecular complexity index is 500. The molecular formula is C15H19ClN2O2. The maximum Gasteiger partial charge on any atom is 0.251 e. The van der Waals surface area contributed by atoms with E-state index in [-0.39, 0.29) is 24.5 Å². The van der Waals surface area contributed by atoms with E-state index in [1.807, 2.05) is 0 Å². The zero-order valence-electron chi connectivity index (χ0n) is 11.3. The second-order valence-electron chi connectivity index (χ2n) is 5.89. The average molecular weight is 295 g/mol. The van der Waals surface area contributed by atoms with Gasteiger partial charge in [0.05, 0.1) is 0 Å². The largest absolute Gasteiger partial charge is 0.396 e. The number of aliphatic hydroxyl groups excluding tert-OH is 1. The van der Waals surface area contributed by atoms with Crippen LogP contribution in [-0.4, -0.2) is 28.6 Å². The fraction of sp³-hybridized carbons (Fsp3) is 0.600. The molecule has 2 unspecified atom stereocenters. The molecule has 5 heteroatoms. The first-order valence-electron chi connectivity index (χ1n) is 7.22. The van der Waals surface area contributed by atoms with Gasteiger partial charge in [-0.15, -0.1) is 0 Å². The number of aromatic nitrogens is 1. The molecule has 108 valence electrons. The molecule has 2 aliphatic carbocycles. The van der Waals surface area contributed by atoms with E-state index in [0.717, 1.165) is 12.8 Å². The third kappa shape index (κ3) is 3.13. The summed E-state index contributed by atoms with van der Waals surface area (Å²) < 4.78 is 0. The van der Waals surface area contributed by atoms with Crippen LogP contribution in [-0.2, 0) is 0 Å². The molecule has 0 radical (unpaired) electrons. The first-order chi connectivity index (χ1) is 9.69. The molecule has 3 rings (SSSR count). The maximum atomic E-state index is 12.3. The summed E-state index contributed by atoms with van der Waals surface area (Å²) in [6.45, 7) is 0.156. The molecule has 0 spiro atoms. The molecule has 2 N–H and O–H groups in total. The first kappa shape index (κ1) is 13.8. The highest BCUT2D eigenvalue weighted by Gasteiger charge is 2.43. The normalized spacial score (nSPS) is 21.3. The molecule has 4 nitrogen and oxygen atoms in total. The van der Waals surface area contributed by atoms with Gasteiger partial charge in [0.25, 0.3) is 5.91 Å². The summed E-state index contributed by atoms with van der Waals surface area (Å²) in [6.07, 6.45) is 6.17. The number of amides is 1. The van der Waals surface area contributed by atoms with Crippen LogP contribution in [0, 0.1) is 17.8 Å². The third-order valence-electron chi connectivity index (χ3n) is 4.32. The van der Waals surface area contributed by atoms with Gasteiger partial charge in [-0.1, -0.05) is 11.6 Å². The second-order valence-corrected chi connectivity index (χ2v) is 6.28. The summed E-state index contributed by atoms with van der Waals surface area (Å²) in [7, 11) is 0. The molecule has 2 atom stereocenters. The van der Waals surface area contributed by atoms with Crippen molar-refractivity contribution in [3.8, 4) is 0 Å². The summed E-state index contributed by atoms with van der Waals surface area (Å²) in [5, 5.41) is 13.1. The van der Waals surface area contributed by atoms with E-state index in [1.165, 1.54) is 19.0 Å². The number of carbonyl (C=O) groups is 1. The van der Waals surface area contributed by atoms with Gasteiger partial charge in [0, 0.05) is 30.3 Å². The predicted molar refractivity (Wildman–Crippen MR) is 76.5 cm³/mol. The van der Waals surface area contributed by atoms with Gasteiger partial charge in [0.2, 0.25) is 0 Å². The number of hydrogen-bond donors (Lipinski definition) is 2. The number of nitrogens with one attached hydrogen (secondary N) is 1. The first-order valence-corrected chi connectivity index (χ1v) is 7.60. The van der Waals surface area contributed by atoms with Crippen molar-refractivity contribution in [2.24, 2.45) is 17.8 Å². The van der Waals surface area contributed by atoms with Crippen LogP contribution in [0.25, 0.3) is 0 Å². The van der Waals surface area contributed by atoms with Gasteiger partial charge in [0.1, 0.15) is 5.15 Å². The fourth-order valence-corrected chi connectivity index (χ4v) is 3.06. The number of carbonyl (C=O) groups excluding carboxylic acids is 1. The van der Waals surface area contributed by atoms with Crippen LogP contribution in [0.15, 0.2) is 18.3 Å². The minimum Gasteiger partial charge on any atom is -0.396 e. The molecule has 1 aromatic heterocycles. The Morgan fingerprint density at radius 3 is 2.65 bits per heavy atom. The Kier molecular flexibility index (Phi) is 3.94. The van der Waals surface area contributed by atoms with Crippen LogP contribution in [0.5, 0.6) is 0 Å². The van der Waals surface area contributed by atoms with E-state index in [4.69, 9.17) is 11.6 Å². The number of halogens is 1. The minimum absolute atomic E-state index is 0.0898. The Balaban J connectivity index is 1.71. The molecule has 0 bridgehead atoms. The predicted octanol–water partition coefficient (Wildman–Crippen LogP) is 2.26. The average Bonchev–Trinajstić information content (AvgIpc) is 3.29. The van der Waals surface area contributed by atoms with Crippen LogP contribution in [0.3, 0.4) is 0 Å². The highest BCUT2D eigenvalue weighted by Crippen LogP contribution is 2.45. The number of hydrogen-bond acceptors (Lipinski definition) is 3. The van der Waals surface area contributed by atoms with Crippen LogP contribution in [0.1, 0.15) is 36.0 Å². The summed E-state index contributed by atoms with van der Waals surface area (Å²) in [4.78, 5) is 16.2. The zero-order chi connectivity index (χ0) is 14.1. The van der Waals surface area contributed by atoms with Crippen LogP contribution in [0.2, 0.25) is 5.15 Å². The van der Waals surface area contributed by atoms with Crippen LogP contribution >= 0.6 is 11.6 Å². The van der Waals surface area contributed by atoms with Crippen molar-refractivity contribution in [1.82, 2.24) is 10.3 Å². The van der Waals surface area contributed by atoms with Gasteiger partial charge in [-0.2, -0.15) is 0 Å². The van der Waals surface area contributed by atoms with Crippen molar-refractivity contribution in [2.75, 3.05) is 6.61 Å². The Morgan fingerprint density at radius 1 is 1.40 bits per heavy atom. The second kappa shape index (κ2) is 5.70. The molecule has 0 aromatic carbocycles. The van der Waals surface area contributed by atoms with Gasteiger partial charge in [0.15, 0.2) is 0 Å². The topological polar surface area (TPSA) is 62.2 Å². The molecular weight excluding hydrogens is 276 g/mol. The van der Waals surface area contributed by atoms with E-state index in [9.17, 15) is 9.90 Å². The van der Waals surface area contributed by atoms with Crippen molar-refractivity contribution in [2.45, 2.75) is 31.7 Å². The molecule has 2 saturated carbocycles. The maximum absolute atomic E-state index is 12.3. The smallest absolute Gasteiger partial charge is 0.251 e. The van der Waals surface area contributed by atoms with E-state index in [0.29, 0.717) is 22.6 Å². The molecule has 1 aromatic rings. The SMILES string of the molecule is O=C(NC(C1CC1)C(CO)C1CC1)c1ccnc(Cl)c1. The quantitative estimate of drug-likeness (QED) is 0.791. The monoisotopic (exact) mass is 294 g/mol. The molecule has 1 amide bonds. The van der Waals surface area contributed by atoms with Crippen molar-refractivity contribution in [1.29, 1.82) is 0 Å².